The van der Waals surface area contributed by atoms with Gasteiger partial charge >= 0.3 is 0 Å². The minimum Gasteiger partial charge on any atom is -0.398 e. The minimum atomic E-state index is -0.178. The quantitative estimate of drug-likeness (QED) is 0.636. The van der Waals surface area contributed by atoms with Crippen LogP contribution in [0.5, 0.6) is 0 Å². The molecule has 0 aliphatic carbocycles. The summed E-state index contributed by atoms with van der Waals surface area (Å²) >= 11 is 5.84. The number of nitrogens with two attached hydrogens (primary N) is 1. The SMILES string of the molecule is Nc1ccc(C(=O)c2cncnc2)cc1Cl. The summed E-state index contributed by atoms with van der Waals surface area (Å²) in [5.41, 5.74) is 6.89. The van der Waals surface area contributed by atoms with Gasteiger partial charge in [-0.1, -0.05) is 11.6 Å². The monoisotopic (exact) mass is 233 g/mol. The van der Waals surface area contributed by atoms with Crippen LogP contribution >= 0.6 is 11.6 Å². The fourth-order valence-electron chi connectivity index (χ4n) is 1.25. The molecule has 1 aromatic heterocycles. The number of ketones is 1. The van der Waals surface area contributed by atoms with Gasteiger partial charge < -0.3 is 5.73 Å². The predicted molar refractivity (Wildman–Crippen MR) is 61.3 cm³/mol. The maximum Gasteiger partial charge on any atom is 0.196 e. The zero-order chi connectivity index (χ0) is 11.5. The second kappa shape index (κ2) is 4.28. The number of benzene rings is 1. The fourth-order valence-corrected chi connectivity index (χ4v) is 1.43. The van der Waals surface area contributed by atoms with Gasteiger partial charge in [-0.25, -0.2) is 9.97 Å². The Balaban J connectivity index is 2.39. The molecule has 0 saturated carbocycles. The first kappa shape index (κ1) is 10.6. The number of anilines is 1. The van der Waals surface area contributed by atoms with E-state index in [4.69, 9.17) is 17.3 Å². The van der Waals surface area contributed by atoms with Crippen molar-refractivity contribution >= 4 is 23.1 Å². The number of hydrogen-bond donors (Lipinski definition) is 1. The molecule has 2 N–H and O–H groups in total. The van der Waals surface area contributed by atoms with Crippen molar-refractivity contribution < 1.29 is 4.79 Å². The molecule has 2 aromatic rings. The van der Waals surface area contributed by atoms with E-state index < -0.39 is 0 Å². The topological polar surface area (TPSA) is 68.9 Å². The Labute approximate surface area is 97.1 Å². The molecule has 0 fully saturated rings. The average molecular weight is 234 g/mol. The number of halogens is 1. The van der Waals surface area contributed by atoms with E-state index in [9.17, 15) is 4.79 Å². The number of hydrogen-bond acceptors (Lipinski definition) is 4. The standard InChI is InChI=1S/C11H8ClN3O/c12-9-3-7(1-2-10(9)13)11(16)8-4-14-6-15-5-8/h1-6H,13H2. The first-order valence-corrected chi connectivity index (χ1v) is 4.91. The summed E-state index contributed by atoms with van der Waals surface area (Å²) in [5, 5.41) is 0.364. The van der Waals surface area contributed by atoms with Crippen LogP contribution in [0, 0.1) is 0 Å². The van der Waals surface area contributed by atoms with Crippen LogP contribution < -0.4 is 5.73 Å². The van der Waals surface area contributed by atoms with Crippen molar-refractivity contribution in [3.63, 3.8) is 0 Å². The normalized spacial score (nSPS) is 10.1. The van der Waals surface area contributed by atoms with Crippen LogP contribution in [0.25, 0.3) is 0 Å². The van der Waals surface area contributed by atoms with Crippen molar-refractivity contribution in [3.8, 4) is 0 Å². The third-order valence-electron chi connectivity index (χ3n) is 2.09. The Kier molecular flexibility index (Phi) is 2.83. The number of carbonyl (C=O) groups excluding carboxylic acids is 1. The third kappa shape index (κ3) is 2.01. The van der Waals surface area contributed by atoms with Gasteiger partial charge in [0.1, 0.15) is 6.33 Å². The first-order valence-electron chi connectivity index (χ1n) is 4.53. The highest BCUT2D eigenvalue weighted by Crippen LogP contribution is 2.21. The van der Waals surface area contributed by atoms with Crippen molar-refractivity contribution in [2.75, 3.05) is 5.73 Å². The van der Waals surface area contributed by atoms with E-state index in [1.165, 1.54) is 24.8 Å². The summed E-state index contributed by atoms with van der Waals surface area (Å²) in [5.74, 6) is -0.178. The molecular weight excluding hydrogens is 226 g/mol. The summed E-state index contributed by atoms with van der Waals surface area (Å²) in [7, 11) is 0. The first-order chi connectivity index (χ1) is 7.68. The van der Waals surface area contributed by atoms with E-state index in [-0.39, 0.29) is 5.78 Å². The van der Waals surface area contributed by atoms with Crippen LogP contribution in [0.2, 0.25) is 5.02 Å². The van der Waals surface area contributed by atoms with Gasteiger partial charge in [0.15, 0.2) is 5.78 Å². The van der Waals surface area contributed by atoms with Gasteiger partial charge in [-0.15, -0.1) is 0 Å². The number of aromatic nitrogens is 2. The van der Waals surface area contributed by atoms with E-state index in [0.717, 1.165) is 0 Å². The Morgan fingerprint density at radius 1 is 1.19 bits per heavy atom. The van der Waals surface area contributed by atoms with Gasteiger partial charge in [-0.2, -0.15) is 0 Å². The summed E-state index contributed by atoms with van der Waals surface area (Å²) < 4.78 is 0. The highest BCUT2D eigenvalue weighted by atomic mass is 35.5. The Hall–Kier alpha value is -1.94. The second-order valence-corrected chi connectivity index (χ2v) is 3.60. The van der Waals surface area contributed by atoms with E-state index in [0.29, 0.717) is 21.8 Å². The highest BCUT2D eigenvalue weighted by molar-refractivity contribution is 6.33. The summed E-state index contributed by atoms with van der Waals surface area (Å²) in [6.45, 7) is 0. The molecule has 5 heteroatoms. The van der Waals surface area contributed by atoms with Crippen molar-refractivity contribution in [1.82, 2.24) is 9.97 Å². The van der Waals surface area contributed by atoms with Gasteiger partial charge in [0.2, 0.25) is 0 Å². The van der Waals surface area contributed by atoms with Gasteiger partial charge in [-0.05, 0) is 18.2 Å². The fraction of sp³-hybridized carbons (Fsp3) is 0. The van der Waals surface area contributed by atoms with E-state index in [1.54, 1.807) is 12.1 Å². The molecule has 0 aliphatic heterocycles. The zero-order valence-corrected chi connectivity index (χ0v) is 8.98. The summed E-state index contributed by atoms with van der Waals surface area (Å²) in [6.07, 6.45) is 4.28. The van der Waals surface area contributed by atoms with Gasteiger partial charge in [-0.3, -0.25) is 4.79 Å². The smallest absolute Gasteiger partial charge is 0.196 e. The lowest BCUT2D eigenvalue weighted by atomic mass is 10.1. The van der Waals surface area contributed by atoms with Gasteiger partial charge in [0.25, 0.3) is 0 Å². The molecule has 2 rings (SSSR count). The molecule has 0 saturated heterocycles. The average Bonchev–Trinajstić information content (AvgIpc) is 2.33. The van der Waals surface area contributed by atoms with Crippen molar-refractivity contribution in [2.45, 2.75) is 0 Å². The summed E-state index contributed by atoms with van der Waals surface area (Å²) in [4.78, 5) is 19.5. The lowest BCUT2D eigenvalue weighted by molar-refractivity contribution is 0.103. The second-order valence-electron chi connectivity index (χ2n) is 3.19. The van der Waals surface area contributed by atoms with Crippen LogP contribution in [0.4, 0.5) is 5.69 Å². The molecule has 80 valence electrons. The molecule has 0 spiro atoms. The van der Waals surface area contributed by atoms with Crippen molar-refractivity contribution in [1.29, 1.82) is 0 Å². The highest BCUT2D eigenvalue weighted by Gasteiger charge is 2.10. The number of nitrogen functional groups attached to an aromatic ring is 1. The van der Waals surface area contributed by atoms with Gasteiger partial charge in [0, 0.05) is 18.0 Å². The van der Waals surface area contributed by atoms with Crippen molar-refractivity contribution in [2.24, 2.45) is 0 Å². The molecular formula is C11H8ClN3O. The maximum atomic E-state index is 11.9. The number of nitrogens with zero attached hydrogens (tertiary/aromatic N) is 2. The van der Waals surface area contributed by atoms with E-state index in [2.05, 4.69) is 9.97 Å². The number of carbonyl (C=O) groups is 1. The van der Waals surface area contributed by atoms with Crippen LogP contribution in [0.1, 0.15) is 15.9 Å². The maximum absolute atomic E-state index is 11.9. The van der Waals surface area contributed by atoms with E-state index in [1.807, 2.05) is 0 Å². The largest absolute Gasteiger partial charge is 0.398 e. The number of rotatable bonds is 2. The van der Waals surface area contributed by atoms with Gasteiger partial charge in [0.05, 0.1) is 16.3 Å². The van der Waals surface area contributed by atoms with Crippen LogP contribution in [0.15, 0.2) is 36.9 Å². The van der Waals surface area contributed by atoms with E-state index >= 15 is 0 Å². The molecule has 0 radical (unpaired) electrons. The molecule has 0 bridgehead atoms. The predicted octanol–water partition coefficient (Wildman–Crippen LogP) is 1.94. The van der Waals surface area contributed by atoms with Crippen LogP contribution in [-0.2, 0) is 0 Å². The molecule has 1 aromatic carbocycles. The molecule has 16 heavy (non-hydrogen) atoms. The molecule has 4 nitrogen and oxygen atoms in total. The zero-order valence-electron chi connectivity index (χ0n) is 8.22. The molecule has 0 atom stereocenters. The lowest BCUT2D eigenvalue weighted by Gasteiger charge is -2.02. The third-order valence-corrected chi connectivity index (χ3v) is 2.41. The Morgan fingerprint density at radius 3 is 2.50 bits per heavy atom. The lowest BCUT2D eigenvalue weighted by Crippen LogP contribution is -2.02. The Bertz CT molecular complexity index is 528. The molecule has 0 amide bonds. The van der Waals surface area contributed by atoms with Crippen molar-refractivity contribution in [3.05, 3.63) is 53.1 Å². The van der Waals surface area contributed by atoms with Crippen LogP contribution in [0.3, 0.4) is 0 Å². The Morgan fingerprint density at radius 2 is 1.88 bits per heavy atom. The minimum absolute atomic E-state index is 0.178. The summed E-state index contributed by atoms with van der Waals surface area (Å²) in [6, 6.07) is 4.75. The molecule has 1 heterocycles. The molecule has 0 aliphatic rings. The van der Waals surface area contributed by atoms with Crippen LogP contribution in [-0.4, -0.2) is 15.8 Å². The molecule has 0 unspecified atom stereocenters.